The van der Waals surface area contributed by atoms with Gasteiger partial charge in [0.2, 0.25) is 0 Å². The SMILES string of the molecule is Cc1cc(CN2CCO[C@H]3CC[C@H]2[C@H]3Oc2ncccc2F)no1. The molecule has 1 aliphatic heterocycles. The van der Waals surface area contributed by atoms with Gasteiger partial charge in [0.1, 0.15) is 11.9 Å². The first-order valence-electron chi connectivity index (χ1n) is 8.26. The van der Waals surface area contributed by atoms with Crippen molar-refractivity contribution in [1.29, 1.82) is 0 Å². The third-order valence-electron chi connectivity index (χ3n) is 4.69. The fourth-order valence-electron chi connectivity index (χ4n) is 3.61. The van der Waals surface area contributed by atoms with Crippen LogP contribution in [-0.2, 0) is 11.3 Å². The summed E-state index contributed by atoms with van der Waals surface area (Å²) in [7, 11) is 0. The molecule has 2 aromatic rings. The Balaban J connectivity index is 1.54. The van der Waals surface area contributed by atoms with Crippen LogP contribution in [0.4, 0.5) is 4.39 Å². The second-order valence-corrected chi connectivity index (χ2v) is 6.33. The highest BCUT2D eigenvalue weighted by molar-refractivity contribution is 5.15. The molecule has 0 aromatic carbocycles. The van der Waals surface area contributed by atoms with Gasteiger partial charge in [0.15, 0.2) is 5.82 Å². The molecular weight excluding hydrogens is 313 g/mol. The quantitative estimate of drug-likeness (QED) is 0.856. The lowest BCUT2D eigenvalue weighted by atomic mass is 10.1. The van der Waals surface area contributed by atoms with Crippen molar-refractivity contribution in [3.8, 4) is 5.88 Å². The van der Waals surface area contributed by atoms with E-state index < -0.39 is 5.82 Å². The zero-order chi connectivity index (χ0) is 16.5. The normalized spacial score (nSPS) is 27.2. The molecule has 6 nitrogen and oxygen atoms in total. The molecule has 2 fully saturated rings. The van der Waals surface area contributed by atoms with Crippen LogP contribution < -0.4 is 4.74 Å². The number of pyridine rings is 1. The number of aromatic nitrogens is 2. The summed E-state index contributed by atoms with van der Waals surface area (Å²) < 4.78 is 30.9. The molecule has 7 heteroatoms. The second-order valence-electron chi connectivity index (χ2n) is 6.33. The predicted molar refractivity (Wildman–Crippen MR) is 83.0 cm³/mol. The van der Waals surface area contributed by atoms with Crippen LogP contribution in [-0.4, -0.2) is 46.4 Å². The number of aryl methyl sites for hydroxylation is 1. The van der Waals surface area contributed by atoms with E-state index in [1.807, 2.05) is 13.0 Å². The van der Waals surface area contributed by atoms with Gasteiger partial charge in [-0.25, -0.2) is 9.37 Å². The van der Waals surface area contributed by atoms with Crippen molar-refractivity contribution >= 4 is 0 Å². The fourth-order valence-corrected chi connectivity index (χ4v) is 3.61. The van der Waals surface area contributed by atoms with E-state index in [0.717, 1.165) is 30.8 Å². The Bertz CT molecular complexity index is 708. The minimum Gasteiger partial charge on any atom is -0.468 e. The van der Waals surface area contributed by atoms with Gasteiger partial charge in [-0.05, 0) is 31.9 Å². The molecular formula is C17H20FN3O3. The third kappa shape index (κ3) is 3.01. The highest BCUT2D eigenvalue weighted by Gasteiger charge is 2.44. The van der Waals surface area contributed by atoms with E-state index in [9.17, 15) is 4.39 Å². The van der Waals surface area contributed by atoms with Crippen molar-refractivity contribution in [3.05, 3.63) is 41.7 Å². The van der Waals surface area contributed by atoms with Crippen molar-refractivity contribution in [3.63, 3.8) is 0 Å². The Hall–Kier alpha value is -1.99. The molecule has 24 heavy (non-hydrogen) atoms. The molecule has 3 heterocycles. The van der Waals surface area contributed by atoms with Gasteiger partial charge in [-0.3, -0.25) is 4.90 Å². The maximum Gasteiger partial charge on any atom is 0.250 e. The largest absolute Gasteiger partial charge is 0.468 e. The summed E-state index contributed by atoms with van der Waals surface area (Å²) in [6.07, 6.45) is 3.12. The van der Waals surface area contributed by atoms with Gasteiger partial charge in [0, 0.05) is 31.4 Å². The molecule has 1 aliphatic carbocycles. The molecule has 0 unspecified atom stereocenters. The average molecular weight is 333 g/mol. The molecule has 0 amide bonds. The molecule has 1 saturated carbocycles. The lowest BCUT2D eigenvalue weighted by Crippen LogP contribution is -2.44. The first-order chi connectivity index (χ1) is 11.7. The summed E-state index contributed by atoms with van der Waals surface area (Å²) in [5, 5.41) is 4.08. The van der Waals surface area contributed by atoms with E-state index in [1.165, 1.54) is 12.3 Å². The summed E-state index contributed by atoms with van der Waals surface area (Å²) in [4.78, 5) is 6.30. The maximum absolute atomic E-state index is 13.9. The zero-order valence-electron chi connectivity index (χ0n) is 13.5. The molecule has 1 saturated heterocycles. The Morgan fingerprint density at radius 1 is 1.42 bits per heavy atom. The molecule has 3 atom stereocenters. The van der Waals surface area contributed by atoms with E-state index >= 15 is 0 Å². The van der Waals surface area contributed by atoms with Crippen molar-refractivity contribution in [2.75, 3.05) is 13.2 Å². The lowest BCUT2D eigenvalue weighted by Gasteiger charge is -2.30. The predicted octanol–water partition coefficient (Wildman–Crippen LogP) is 2.33. The molecule has 2 aliphatic rings. The smallest absolute Gasteiger partial charge is 0.250 e. The van der Waals surface area contributed by atoms with Gasteiger partial charge in [-0.2, -0.15) is 0 Å². The van der Waals surface area contributed by atoms with Crippen LogP contribution in [0.5, 0.6) is 5.88 Å². The Morgan fingerprint density at radius 3 is 3.12 bits per heavy atom. The van der Waals surface area contributed by atoms with Crippen molar-refractivity contribution < 1.29 is 18.4 Å². The molecule has 128 valence electrons. The summed E-state index contributed by atoms with van der Waals surface area (Å²) in [6, 6.07) is 5.00. The number of halogens is 1. The molecule has 0 spiro atoms. The minimum atomic E-state index is -0.445. The number of fused-ring (bicyclic) bond motifs is 2. The van der Waals surface area contributed by atoms with Gasteiger partial charge < -0.3 is 14.0 Å². The average Bonchev–Trinajstić information content (AvgIpc) is 3.09. The van der Waals surface area contributed by atoms with Gasteiger partial charge in [0.05, 0.1) is 18.4 Å². The van der Waals surface area contributed by atoms with Gasteiger partial charge in [-0.1, -0.05) is 5.16 Å². The van der Waals surface area contributed by atoms with E-state index in [2.05, 4.69) is 15.0 Å². The number of nitrogens with zero attached hydrogens (tertiary/aromatic N) is 3. The summed E-state index contributed by atoms with van der Waals surface area (Å²) in [5.74, 6) is 0.394. The Kier molecular flexibility index (Phi) is 4.20. The lowest BCUT2D eigenvalue weighted by molar-refractivity contribution is 0.000121. The minimum absolute atomic E-state index is 0.0274. The third-order valence-corrected chi connectivity index (χ3v) is 4.69. The summed E-state index contributed by atoms with van der Waals surface area (Å²) in [5.41, 5.74) is 0.889. The molecule has 2 aromatic heterocycles. The second kappa shape index (κ2) is 6.49. The summed E-state index contributed by atoms with van der Waals surface area (Å²) in [6.45, 7) is 3.96. The van der Waals surface area contributed by atoms with Gasteiger partial charge in [0.25, 0.3) is 5.88 Å². The van der Waals surface area contributed by atoms with Gasteiger partial charge in [-0.15, -0.1) is 0 Å². The van der Waals surface area contributed by atoms with Crippen LogP contribution in [0.2, 0.25) is 0 Å². The number of hydrogen-bond donors (Lipinski definition) is 0. The molecule has 0 radical (unpaired) electrons. The number of hydrogen-bond acceptors (Lipinski definition) is 6. The van der Waals surface area contributed by atoms with E-state index in [4.69, 9.17) is 14.0 Å². The van der Waals surface area contributed by atoms with Crippen molar-refractivity contribution in [2.45, 2.75) is 44.6 Å². The highest BCUT2D eigenvalue weighted by atomic mass is 19.1. The first kappa shape index (κ1) is 15.5. The Morgan fingerprint density at radius 2 is 2.33 bits per heavy atom. The Labute approximate surface area is 139 Å². The van der Waals surface area contributed by atoms with Crippen LogP contribution in [0.25, 0.3) is 0 Å². The molecule has 0 N–H and O–H groups in total. The first-order valence-corrected chi connectivity index (χ1v) is 8.26. The number of rotatable bonds is 4. The van der Waals surface area contributed by atoms with Gasteiger partial charge >= 0.3 is 0 Å². The van der Waals surface area contributed by atoms with Crippen LogP contribution in [0.1, 0.15) is 24.3 Å². The van der Waals surface area contributed by atoms with Crippen LogP contribution in [0, 0.1) is 12.7 Å². The summed E-state index contributed by atoms with van der Waals surface area (Å²) >= 11 is 0. The van der Waals surface area contributed by atoms with E-state index in [-0.39, 0.29) is 24.1 Å². The number of ether oxygens (including phenoxy) is 2. The van der Waals surface area contributed by atoms with Crippen LogP contribution in [0.15, 0.2) is 28.9 Å². The van der Waals surface area contributed by atoms with Crippen molar-refractivity contribution in [1.82, 2.24) is 15.0 Å². The van der Waals surface area contributed by atoms with Crippen molar-refractivity contribution in [2.24, 2.45) is 0 Å². The highest BCUT2D eigenvalue weighted by Crippen LogP contribution is 2.33. The maximum atomic E-state index is 13.9. The molecule has 4 rings (SSSR count). The topological polar surface area (TPSA) is 60.6 Å². The van der Waals surface area contributed by atoms with E-state index in [0.29, 0.717) is 13.2 Å². The molecule has 2 bridgehead atoms. The monoisotopic (exact) mass is 333 g/mol. The van der Waals surface area contributed by atoms with Crippen LogP contribution in [0.3, 0.4) is 0 Å². The van der Waals surface area contributed by atoms with E-state index in [1.54, 1.807) is 6.07 Å². The fraction of sp³-hybridized carbons (Fsp3) is 0.529. The standard InChI is InChI=1S/C17H20FN3O3/c1-11-9-12(20-24-11)10-21-7-8-22-15-5-4-14(21)16(15)23-17-13(18)3-2-6-19-17/h2-3,6,9,14-16H,4-5,7-8,10H2,1H3/t14-,15-,16+/m0/s1. The van der Waals surface area contributed by atoms with Crippen LogP contribution >= 0.6 is 0 Å². The zero-order valence-corrected chi connectivity index (χ0v) is 13.5.